The van der Waals surface area contributed by atoms with Gasteiger partial charge in [-0.3, -0.25) is 4.79 Å². The number of rotatable bonds is 2. The van der Waals surface area contributed by atoms with Gasteiger partial charge in [-0.05, 0) is 17.2 Å². The second kappa shape index (κ2) is 4.49. The van der Waals surface area contributed by atoms with Crippen molar-refractivity contribution in [3.8, 4) is 0 Å². The van der Waals surface area contributed by atoms with Crippen molar-refractivity contribution in [3.05, 3.63) is 77.0 Å². The lowest BCUT2D eigenvalue weighted by Crippen LogP contribution is -2.23. The van der Waals surface area contributed by atoms with Gasteiger partial charge in [0.05, 0.1) is 5.70 Å². The number of allylic oxidation sites excluding steroid dienone is 1. The van der Waals surface area contributed by atoms with Gasteiger partial charge >= 0.3 is 0 Å². The average Bonchev–Trinajstić information content (AvgIpc) is 2.47. The average molecular weight is 235 g/mol. The van der Waals surface area contributed by atoms with Crippen LogP contribution >= 0.6 is 0 Å². The SMILES string of the molecule is O=C(C1=Cc2ccccc2CN1)c1ccccc1. The first-order valence-electron chi connectivity index (χ1n) is 5.98. The molecular formula is C16H13NO. The Balaban J connectivity index is 1.96. The number of Topliss-reactive ketones (excluding diaryl/α,β-unsaturated/α-hetero) is 1. The van der Waals surface area contributed by atoms with Crippen molar-refractivity contribution in [2.24, 2.45) is 0 Å². The number of benzene rings is 2. The smallest absolute Gasteiger partial charge is 0.208 e. The molecular weight excluding hydrogens is 222 g/mol. The van der Waals surface area contributed by atoms with E-state index in [0.717, 1.165) is 11.1 Å². The van der Waals surface area contributed by atoms with E-state index < -0.39 is 0 Å². The molecule has 0 aliphatic carbocycles. The van der Waals surface area contributed by atoms with Crippen molar-refractivity contribution in [2.75, 3.05) is 0 Å². The zero-order valence-electron chi connectivity index (χ0n) is 9.89. The van der Waals surface area contributed by atoms with E-state index in [4.69, 9.17) is 0 Å². The van der Waals surface area contributed by atoms with E-state index in [0.29, 0.717) is 12.2 Å². The summed E-state index contributed by atoms with van der Waals surface area (Å²) in [5, 5.41) is 3.19. The van der Waals surface area contributed by atoms with E-state index >= 15 is 0 Å². The summed E-state index contributed by atoms with van der Waals surface area (Å²) in [5.74, 6) is 0.0464. The third-order valence-electron chi connectivity index (χ3n) is 3.10. The van der Waals surface area contributed by atoms with Gasteiger partial charge in [0.2, 0.25) is 5.78 Å². The maximum Gasteiger partial charge on any atom is 0.208 e. The highest BCUT2D eigenvalue weighted by Gasteiger charge is 2.16. The zero-order valence-corrected chi connectivity index (χ0v) is 9.89. The summed E-state index contributed by atoms with van der Waals surface area (Å²) >= 11 is 0. The number of ketones is 1. The van der Waals surface area contributed by atoms with Gasteiger partial charge in [-0.25, -0.2) is 0 Å². The molecule has 3 rings (SSSR count). The minimum Gasteiger partial charge on any atom is -0.378 e. The van der Waals surface area contributed by atoms with Gasteiger partial charge in [0.25, 0.3) is 0 Å². The molecule has 0 fully saturated rings. The first-order valence-corrected chi connectivity index (χ1v) is 5.98. The molecule has 2 heteroatoms. The molecule has 0 saturated heterocycles. The van der Waals surface area contributed by atoms with Gasteiger partial charge in [0.15, 0.2) is 0 Å². The highest BCUT2D eigenvalue weighted by Crippen LogP contribution is 2.19. The molecule has 1 aliphatic heterocycles. The molecule has 0 bridgehead atoms. The Morgan fingerprint density at radius 1 is 0.944 bits per heavy atom. The Morgan fingerprint density at radius 3 is 2.50 bits per heavy atom. The highest BCUT2D eigenvalue weighted by atomic mass is 16.1. The quantitative estimate of drug-likeness (QED) is 0.811. The van der Waals surface area contributed by atoms with Crippen LogP contribution in [0.5, 0.6) is 0 Å². The monoisotopic (exact) mass is 235 g/mol. The van der Waals surface area contributed by atoms with Crippen molar-refractivity contribution in [3.63, 3.8) is 0 Å². The lowest BCUT2D eigenvalue weighted by atomic mass is 9.99. The molecule has 2 aromatic rings. The molecule has 0 amide bonds. The fourth-order valence-corrected chi connectivity index (χ4v) is 2.12. The van der Waals surface area contributed by atoms with Crippen LogP contribution in [0.15, 0.2) is 60.3 Å². The van der Waals surface area contributed by atoms with E-state index in [2.05, 4.69) is 11.4 Å². The van der Waals surface area contributed by atoms with E-state index in [1.165, 1.54) is 5.56 Å². The van der Waals surface area contributed by atoms with Crippen molar-refractivity contribution < 1.29 is 4.79 Å². The van der Waals surface area contributed by atoms with Gasteiger partial charge in [-0.2, -0.15) is 0 Å². The predicted octanol–water partition coefficient (Wildman–Crippen LogP) is 3.01. The van der Waals surface area contributed by atoms with Crippen LogP contribution < -0.4 is 5.32 Å². The number of nitrogens with one attached hydrogen (secondary N) is 1. The van der Waals surface area contributed by atoms with Crippen LogP contribution in [0.25, 0.3) is 6.08 Å². The van der Waals surface area contributed by atoms with Crippen molar-refractivity contribution in [1.29, 1.82) is 0 Å². The molecule has 88 valence electrons. The van der Waals surface area contributed by atoms with Gasteiger partial charge in [0, 0.05) is 12.1 Å². The third kappa shape index (κ3) is 1.93. The number of fused-ring (bicyclic) bond motifs is 1. The number of carbonyl (C=O) groups is 1. The summed E-state index contributed by atoms with van der Waals surface area (Å²) < 4.78 is 0. The zero-order chi connectivity index (χ0) is 12.4. The molecule has 0 spiro atoms. The van der Waals surface area contributed by atoms with E-state index in [1.807, 2.05) is 54.6 Å². The van der Waals surface area contributed by atoms with Crippen LogP contribution in [-0.2, 0) is 6.54 Å². The fourth-order valence-electron chi connectivity index (χ4n) is 2.12. The Hall–Kier alpha value is -2.35. The summed E-state index contributed by atoms with van der Waals surface area (Å²) in [6.07, 6.45) is 1.92. The van der Waals surface area contributed by atoms with Crippen LogP contribution in [0, 0.1) is 0 Å². The minimum absolute atomic E-state index is 0.0464. The number of hydrogen-bond acceptors (Lipinski definition) is 2. The third-order valence-corrected chi connectivity index (χ3v) is 3.10. The highest BCUT2D eigenvalue weighted by molar-refractivity contribution is 6.11. The molecule has 0 unspecified atom stereocenters. The molecule has 1 aliphatic rings. The second-order valence-electron chi connectivity index (χ2n) is 4.31. The minimum atomic E-state index is 0.0464. The summed E-state index contributed by atoms with van der Waals surface area (Å²) in [6.45, 7) is 0.709. The fraction of sp³-hybridized carbons (Fsp3) is 0.0625. The predicted molar refractivity (Wildman–Crippen MR) is 72.0 cm³/mol. The van der Waals surface area contributed by atoms with E-state index in [1.54, 1.807) is 0 Å². The topological polar surface area (TPSA) is 29.1 Å². The molecule has 1 heterocycles. The molecule has 1 N–H and O–H groups in total. The lowest BCUT2D eigenvalue weighted by Gasteiger charge is -2.17. The van der Waals surface area contributed by atoms with Gasteiger partial charge < -0.3 is 5.32 Å². The molecule has 2 nitrogen and oxygen atoms in total. The molecule has 2 aromatic carbocycles. The summed E-state index contributed by atoms with van der Waals surface area (Å²) in [6, 6.07) is 17.5. The maximum atomic E-state index is 12.3. The van der Waals surface area contributed by atoms with Gasteiger partial charge in [-0.1, -0.05) is 54.6 Å². The Kier molecular flexibility index (Phi) is 2.69. The van der Waals surface area contributed by atoms with Crippen LogP contribution in [0.3, 0.4) is 0 Å². The Bertz CT molecular complexity index is 614. The first kappa shape index (κ1) is 10.8. The normalized spacial score (nSPS) is 13.2. The Labute approximate surface area is 106 Å². The molecule has 18 heavy (non-hydrogen) atoms. The Morgan fingerprint density at radius 2 is 1.67 bits per heavy atom. The van der Waals surface area contributed by atoms with E-state index in [-0.39, 0.29) is 5.78 Å². The van der Waals surface area contributed by atoms with Crippen LogP contribution in [0.2, 0.25) is 0 Å². The summed E-state index contributed by atoms with van der Waals surface area (Å²) in [4.78, 5) is 12.3. The number of hydrogen-bond donors (Lipinski definition) is 1. The van der Waals surface area contributed by atoms with Crippen molar-refractivity contribution >= 4 is 11.9 Å². The van der Waals surface area contributed by atoms with Gasteiger partial charge in [-0.15, -0.1) is 0 Å². The second-order valence-corrected chi connectivity index (χ2v) is 4.31. The standard InChI is InChI=1S/C16H13NO/c18-16(12-6-2-1-3-7-12)15-10-13-8-4-5-9-14(13)11-17-15/h1-10,17H,11H2. The summed E-state index contributed by atoms with van der Waals surface area (Å²) in [5.41, 5.74) is 3.73. The number of carbonyl (C=O) groups excluding carboxylic acids is 1. The lowest BCUT2D eigenvalue weighted by molar-refractivity contribution is 0.102. The molecule has 0 atom stereocenters. The maximum absolute atomic E-state index is 12.3. The first-order chi connectivity index (χ1) is 8.84. The largest absolute Gasteiger partial charge is 0.378 e. The van der Waals surface area contributed by atoms with Gasteiger partial charge in [0.1, 0.15) is 0 Å². The molecule has 0 radical (unpaired) electrons. The van der Waals surface area contributed by atoms with Crippen LogP contribution in [0.1, 0.15) is 21.5 Å². The van der Waals surface area contributed by atoms with Crippen molar-refractivity contribution in [1.82, 2.24) is 5.32 Å². The molecule has 0 saturated carbocycles. The van der Waals surface area contributed by atoms with E-state index in [9.17, 15) is 4.79 Å². The van der Waals surface area contributed by atoms with Crippen molar-refractivity contribution in [2.45, 2.75) is 6.54 Å². The summed E-state index contributed by atoms with van der Waals surface area (Å²) in [7, 11) is 0. The molecule has 0 aromatic heterocycles. The van der Waals surface area contributed by atoms with Crippen LogP contribution in [-0.4, -0.2) is 5.78 Å². The van der Waals surface area contributed by atoms with Crippen LogP contribution in [0.4, 0.5) is 0 Å².